The maximum atomic E-state index is 13.8. The highest BCUT2D eigenvalue weighted by Crippen LogP contribution is 2.35. The molecule has 4 aliphatic rings. The smallest absolute Gasteiger partial charge is 0.251 e. The van der Waals surface area contributed by atoms with Gasteiger partial charge in [-0.2, -0.15) is 0 Å². The van der Waals surface area contributed by atoms with Crippen LogP contribution < -0.4 is 10.2 Å². The summed E-state index contributed by atoms with van der Waals surface area (Å²) in [7, 11) is 0. The van der Waals surface area contributed by atoms with E-state index in [4.69, 9.17) is 4.74 Å². The van der Waals surface area contributed by atoms with E-state index in [-0.39, 0.29) is 47.9 Å². The van der Waals surface area contributed by atoms with E-state index in [1.807, 2.05) is 26.0 Å². The molecule has 3 amide bonds. The minimum absolute atomic E-state index is 0.00825. The van der Waals surface area contributed by atoms with Gasteiger partial charge < -0.3 is 24.8 Å². The Bertz CT molecular complexity index is 1050. The fourth-order valence-corrected chi connectivity index (χ4v) is 6.55. The molecule has 3 aliphatic heterocycles. The number of carbonyl (C=O) groups excluding carboxylic acids is 4. The second-order valence-corrected chi connectivity index (χ2v) is 11.5. The van der Waals surface area contributed by atoms with Crippen molar-refractivity contribution in [2.75, 3.05) is 44.3 Å². The Kier molecular flexibility index (Phi) is 8.02. The van der Waals surface area contributed by atoms with E-state index in [0.29, 0.717) is 38.2 Å². The maximum absolute atomic E-state index is 13.8. The van der Waals surface area contributed by atoms with Gasteiger partial charge in [0, 0.05) is 36.8 Å². The van der Waals surface area contributed by atoms with Crippen molar-refractivity contribution in [1.29, 1.82) is 0 Å². The van der Waals surface area contributed by atoms with E-state index < -0.39 is 12.1 Å². The van der Waals surface area contributed by atoms with Crippen LogP contribution in [0.2, 0.25) is 0 Å². The first-order valence-corrected chi connectivity index (χ1v) is 14.2. The summed E-state index contributed by atoms with van der Waals surface area (Å²) in [5.74, 6) is -0.345. The van der Waals surface area contributed by atoms with Gasteiger partial charge in [0.25, 0.3) is 5.91 Å². The van der Waals surface area contributed by atoms with E-state index in [1.165, 1.54) is 0 Å². The van der Waals surface area contributed by atoms with Gasteiger partial charge in [-0.15, -0.1) is 0 Å². The number of amides is 3. The van der Waals surface area contributed by atoms with Crippen molar-refractivity contribution in [2.45, 2.75) is 70.5 Å². The minimum atomic E-state index is -0.729. The third kappa shape index (κ3) is 5.44. The molecule has 1 aromatic rings. The Morgan fingerprint density at radius 3 is 2.32 bits per heavy atom. The fourth-order valence-electron chi connectivity index (χ4n) is 6.55. The number of benzene rings is 1. The van der Waals surface area contributed by atoms with E-state index >= 15 is 0 Å². The number of nitrogens with zero attached hydrogens (tertiary/aromatic N) is 3. The minimum Gasteiger partial charge on any atom is -0.378 e. The van der Waals surface area contributed by atoms with Crippen LogP contribution in [0, 0.1) is 11.8 Å². The molecule has 1 aromatic carbocycles. The summed E-state index contributed by atoms with van der Waals surface area (Å²) < 4.78 is 5.41. The normalized spacial score (nSPS) is 24.7. The second kappa shape index (κ2) is 11.4. The molecule has 9 nitrogen and oxygen atoms in total. The standard InChI is InChI=1S/C29H40N4O5/c1-19(2)17-23(30-27(35)20-7-9-22(10-8-20)31-13-15-38-16-14-31)29(37)32-12-11-24-26(32)25(34)18-33(24)28(36)21-5-3-4-6-21/h7-10,19,21,23-24,26H,3-6,11-18H2,1-2H3,(H,30,35). The Morgan fingerprint density at radius 2 is 1.66 bits per heavy atom. The predicted octanol–water partition coefficient (Wildman–Crippen LogP) is 2.24. The number of hydrogen-bond acceptors (Lipinski definition) is 6. The van der Waals surface area contributed by atoms with Crippen LogP contribution in [-0.4, -0.2) is 90.8 Å². The average molecular weight is 525 g/mol. The lowest BCUT2D eigenvalue weighted by Crippen LogP contribution is -2.53. The zero-order chi connectivity index (χ0) is 26.8. The molecule has 3 saturated heterocycles. The zero-order valence-corrected chi connectivity index (χ0v) is 22.6. The van der Waals surface area contributed by atoms with Crippen LogP contribution >= 0.6 is 0 Å². The van der Waals surface area contributed by atoms with Gasteiger partial charge >= 0.3 is 0 Å². The number of fused-ring (bicyclic) bond motifs is 1. The number of ketones is 1. The number of nitrogens with one attached hydrogen (secondary N) is 1. The van der Waals surface area contributed by atoms with Gasteiger partial charge in [-0.3, -0.25) is 19.2 Å². The van der Waals surface area contributed by atoms with Gasteiger partial charge in [-0.05, 0) is 55.9 Å². The van der Waals surface area contributed by atoms with Crippen LogP contribution in [0.25, 0.3) is 0 Å². The molecule has 206 valence electrons. The molecule has 1 N–H and O–H groups in total. The Hall–Kier alpha value is -2.94. The lowest BCUT2D eigenvalue weighted by Gasteiger charge is -2.30. The Morgan fingerprint density at radius 1 is 0.974 bits per heavy atom. The molecule has 3 heterocycles. The first kappa shape index (κ1) is 26.7. The number of ether oxygens (including phenoxy) is 1. The molecule has 0 spiro atoms. The van der Waals surface area contributed by atoms with E-state index in [9.17, 15) is 19.2 Å². The third-order valence-corrected chi connectivity index (χ3v) is 8.51. The van der Waals surface area contributed by atoms with Crippen molar-refractivity contribution < 1.29 is 23.9 Å². The van der Waals surface area contributed by atoms with Crippen molar-refractivity contribution in [3.8, 4) is 0 Å². The summed E-state index contributed by atoms with van der Waals surface area (Å²) in [6, 6.07) is 5.85. The molecule has 0 radical (unpaired) electrons. The molecule has 3 atom stereocenters. The van der Waals surface area contributed by atoms with E-state index in [1.54, 1.807) is 21.9 Å². The average Bonchev–Trinajstić information content (AvgIpc) is 3.67. The number of anilines is 1. The topological polar surface area (TPSA) is 99.3 Å². The molecular formula is C29H40N4O5. The van der Waals surface area contributed by atoms with Crippen molar-refractivity contribution in [2.24, 2.45) is 11.8 Å². The molecule has 5 rings (SSSR count). The number of hydrogen-bond donors (Lipinski definition) is 1. The van der Waals surface area contributed by atoms with Crippen molar-refractivity contribution >= 4 is 29.2 Å². The summed E-state index contributed by atoms with van der Waals surface area (Å²) in [5.41, 5.74) is 1.53. The van der Waals surface area contributed by atoms with Crippen molar-refractivity contribution in [1.82, 2.24) is 15.1 Å². The zero-order valence-electron chi connectivity index (χ0n) is 22.6. The number of rotatable bonds is 7. The summed E-state index contributed by atoms with van der Waals surface area (Å²) in [5, 5.41) is 2.96. The fraction of sp³-hybridized carbons (Fsp3) is 0.655. The lowest BCUT2D eigenvalue weighted by atomic mass is 10.0. The summed E-state index contributed by atoms with van der Waals surface area (Å²) >= 11 is 0. The van der Waals surface area contributed by atoms with Crippen molar-refractivity contribution in [3.05, 3.63) is 29.8 Å². The maximum Gasteiger partial charge on any atom is 0.251 e. The molecule has 1 saturated carbocycles. The molecular weight excluding hydrogens is 484 g/mol. The monoisotopic (exact) mass is 524 g/mol. The lowest BCUT2D eigenvalue weighted by molar-refractivity contribution is -0.138. The third-order valence-electron chi connectivity index (χ3n) is 8.51. The van der Waals surface area contributed by atoms with E-state index in [0.717, 1.165) is 44.5 Å². The molecule has 9 heteroatoms. The number of carbonyl (C=O) groups is 4. The largest absolute Gasteiger partial charge is 0.378 e. The van der Waals surface area contributed by atoms with Gasteiger partial charge in [0.15, 0.2) is 5.78 Å². The second-order valence-electron chi connectivity index (χ2n) is 11.5. The highest BCUT2D eigenvalue weighted by molar-refractivity contribution is 6.01. The van der Waals surface area contributed by atoms with Gasteiger partial charge in [-0.25, -0.2) is 0 Å². The highest BCUT2D eigenvalue weighted by Gasteiger charge is 2.53. The van der Waals surface area contributed by atoms with Crippen LogP contribution in [0.4, 0.5) is 5.69 Å². The number of likely N-dealkylation sites (tertiary alicyclic amines) is 2. The van der Waals surface area contributed by atoms with Gasteiger partial charge in [0.05, 0.1) is 25.8 Å². The van der Waals surface area contributed by atoms with Crippen LogP contribution in [0.5, 0.6) is 0 Å². The molecule has 1 aliphatic carbocycles. The summed E-state index contributed by atoms with van der Waals surface area (Å²) in [6.45, 7) is 7.55. The summed E-state index contributed by atoms with van der Waals surface area (Å²) in [6.07, 6.45) is 4.97. The quantitative estimate of drug-likeness (QED) is 0.588. The molecule has 3 unspecified atom stereocenters. The van der Waals surface area contributed by atoms with Gasteiger partial charge in [0.2, 0.25) is 11.8 Å². The highest BCUT2D eigenvalue weighted by atomic mass is 16.5. The molecule has 38 heavy (non-hydrogen) atoms. The molecule has 4 fully saturated rings. The van der Waals surface area contributed by atoms with Crippen LogP contribution in [0.15, 0.2) is 24.3 Å². The van der Waals surface area contributed by atoms with Crippen LogP contribution in [0.1, 0.15) is 62.7 Å². The summed E-state index contributed by atoms with van der Waals surface area (Å²) in [4.78, 5) is 58.7. The van der Waals surface area contributed by atoms with Crippen LogP contribution in [-0.2, 0) is 19.1 Å². The molecule has 0 aromatic heterocycles. The van der Waals surface area contributed by atoms with Gasteiger partial charge in [-0.1, -0.05) is 26.7 Å². The SMILES string of the molecule is CC(C)CC(NC(=O)c1ccc(N2CCOCC2)cc1)C(=O)N1CCC2C1C(=O)CN2C(=O)C1CCCC1. The number of morpholine rings is 1. The van der Waals surface area contributed by atoms with Crippen LogP contribution in [0.3, 0.4) is 0 Å². The van der Waals surface area contributed by atoms with Gasteiger partial charge in [0.1, 0.15) is 12.1 Å². The molecule has 0 bridgehead atoms. The first-order chi connectivity index (χ1) is 18.3. The predicted molar refractivity (Wildman–Crippen MR) is 143 cm³/mol. The Balaban J connectivity index is 1.26. The van der Waals surface area contributed by atoms with Crippen molar-refractivity contribution in [3.63, 3.8) is 0 Å². The van der Waals surface area contributed by atoms with E-state index in [2.05, 4.69) is 10.2 Å². The first-order valence-electron chi connectivity index (χ1n) is 14.2. The number of Topliss-reactive ketones (excluding diaryl/α,β-unsaturated/α-hetero) is 1. The Labute approximate surface area is 224 Å².